The topological polar surface area (TPSA) is 74.6 Å². The van der Waals surface area contributed by atoms with Gasteiger partial charge in [0.15, 0.2) is 5.78 Å². The molecular formula is C12H14O4. The summed E-state index contributed by atoms with van der Waals surface area (Å²) in [7, 11) is 0. The highest BCUT2D eigenvalue weighted by Crippen LogP contribution is 2.20. The van der Waals surface area contributed by atoms with Crippen molar-refractivity contribution in [2.75, 3.05) is 0 Å². The Morgan fingerprint density at radius 3 is 2.50 bits per heavy atom. The van der Waals surface area contributed by atoms with Crippen LogP contribution < -0.4 is 0 Å². The molecule has 86 valence electrons. The largest absolute Gasteiger partial charge is 0.507 e. The quantitative estimate of drug-likeness (QED) is 0.762. The van der Waals surface area contributed by atoms with Crippen LogP contribution in [0.4, 0.5) is 0 Å². The van der Waals surface area contributed by atoms with E-state index < -0.39 is 11.9 Å². The Morgan fingerprint density at radius 1 is 1.38 bits per heavy atom. The van der Waals surface area contributed by atoms with Crippen molar-refractivity contribution in [3.8, 4) is 5.75 Å². The molecule has 0 amide bonds. The van der Waals surface area contributed by atoms with Gasteiger partial charge in [-0.15, -0.1) is 0 Å². The van der Waals surface area contributed by atoms with E-state index in [0.29, 0.717) is 6.42 Å². The summed E-state index contributed by atoms with van der Waals surface area (Å²) in [6.07, 6.45) is 0.343. The zero-order chi connectivity index (χ0) is 12.3. The van der Waals surface area contributed by atoms with Gasteiger partial charge in [0.25, 0.3) is 0 Å². The van der Waals surface area contributed by atoms with E-state index in [1.807, 2.05) is 0 Å². The SMILES string of the molecule is CC(=O)c1cc(C[C@H](C)C(=O)O)ccc1O. The van der Waals surface area contributed by atoms with Crippen LogP contribution >= 0.6 is 0 Å². The molecular weight excluding hydrogens is 208 g/mol. The number of hydrogen-bond donors (Lipinski definition) is 2. The van der Waals surface area contributed by atoms with Gasteiger partial charge in [0.05, 0.1) is 11.5 Å². The molecule has 16 heavy (non-hydrogen) atoms. The van der Waals surface area contributed by atoms with E-state index in [-0.39, 0.29) is 17.1 Å². The Kier molecular flexibility index (Phi) is 3.66. The van der Waals surface area contributed by atoms with Gasteiger partial charge < -0.3 is 10.2 Å². The number of carbonyl (C=O) groups is 2. The first kappa shape index (κ1) is 12.2. The third-order valence-corrected chi connectivity index (χ3v) is 2.40. The number of rotatable bonds is 4. The summed E-state index contributed by atoms with van der Waals surface area (Å²) in [5, 5.41) is 18.2. The minimum atomic E-state index is -0.877. The van der Waals surface area contributed by atoms with Crippen molar-refractivity contribution >= 4 is 11.8 Å². The molecule has 4 nitrogen and oxygen atoms in total. The lowest BCUT2D eigenvalue weighted by molar-refractivity contribution is -0.141. The molecule has 0 heterocycles. The molecule has 0 bridgehead atoms. The number of carboxylic acid groups (broad SMARTS) is 1. The predicted octanol–water partition coefficient (Wildman–Crippen LogP) is 1.86. The average Bonchev–Trinajstić information content (AvgIpc) is 2.20. The van der Waals surface area contributed by atoms with Crippen LogP contribution in [0, 0.1) is 5.92 Å². The lowest BCUT2D eigenvalue weighted by Crippen LogP contribution is -2.12. The minimum Gasteiger partial charge on any atom is -0.507 e. The zero-order valence-electron chi connectivity index (χ0n) is 9.23. The predicted molar refractivity (Wildman–Crippen MR) is 58.6 cm³/mol. The van der Waals surface area contributed by atoms with E-state index in [0.717, 1.165) is 5.56 Å². The van der Waals surface area contributed by atoms with Gasteiger partial charge in [0.2, 0.25) is 0 Å². The maximum atomic E-state index is 11.2. The summed E-state index contributed by atoms with van der Waals surface area (Å²) in [4.78, 5) is 21.8. The van der Waals surface area contributed by atoms with E-state index >= 15 is 0 Å². The molecule has 0 aromatic heterocycles. The van der Waals surface area contributed by atoms with Crippen molar-refractivity contribution in [1.82, 2.24) is 0 Å². The summed E-state index contributed by atoms with van der Waals surface area (Å²) < 4.78 is 0. The number of carboxylic acids is 1. The number of phenolic OH excluding ortho intramolecular Hbond substituents is 1. The number of aliphatic carboxylic acids is 1. The fourth-order valence-electron chi connectivity index (χ4n) is 1.43. The number of Topliss-reactive ketones (excluding diaryl/α,β-unsaturated/α-hetero) is 1. The van der Waals surface area contributed by atoms with Gasteiger partial charge in [-0.05, 0) is 31.0 Å². The number of benzene rings is 1. The second-order valence-corrected chi connectivity index (χ2v) is 3.85. The van der Waals surface area contributed by atoms with Crippen LogP contribution in [-0.2, 0) is 11.2 Å². The second kappa shape index (κ2) is 4.79. The van der Waals surface area contributed by atoms with E-state index in [2.05, 4.69) is 0 Å². The van der Waals surface area contributed by atoms with Crippen molar-refractivity contribution < 1.29 is 19.8 Å². The summed E-state index contributed by atoms with van der Waals surface area (Å²) in [5.74, 6) is -1.69. The molecule has 0 spiro atoms. The van der Waals surface area contributed by atoms with Crippen molar-refractivity contribution in [2.24, 2.45) is 5.92 Å². The molecule has 1 rings (SSSR count). The van der Waals surface area contributed by atoms with Gasteiger partial charge in [-0.2, -0.15) is 0 Å². The van der Waals surface area contributed by atoms with Crippen molar-refractivity contribution in [2.45, 2.75) is 20.3 Å². The van der Waals surface area contributed by atoms with Crippen LogP contribution in [0.3, 0.4) is 0 Å². The van der Waals surface area contributed by atoms with E-state index in [1.54, 1.807) is 13.0 Å². The Bertz CT molecular complexity index is 423. The van der Waals surface area contributed by atoms with Crippen LogP contribution in [0.25, 0.3) is 0 Å². The Hall–Kier alpha value is -1.84. The van der Waals surface area contributed by atoms with Crippen LogP contribution in [0.15, 0.2) is 18.2 Å². The summed E-state index contributed by atoms with van der Waals surface area (Å²) in [6.45, 7) is 2.96. The first-order valence-corrected chi connectivity index (χ1v) is 4.97. The first-order valence-electron chi connectivity index (χ1n) is 4.97. The normalized spacial score (nSPS) is 12.1. The fourth-order valence-corrected chi connectivity index (χ4v) is 1.43. The number of carbonyl (C=O) groups excluding carboxylic acids is 1. The molecule has 1 aromatic carbocycles. The smallest absolute Gasteiger partial charge is 0.306 e. The Balaban J connectivity index is 2.95. The molecule has 0 aliphatic rings. The van der Waals surface area contributed by atoms with Gasteiger partial charge in [-0.3, -0.25) is 9.59 Å². The molecule has 4 heteroatoms. The molecule has 1 atom stereocenters. The van der Waals surface area contributed by atoms with Crippen LogP contribution in [-0.4, -0.2) is 22.0 Å². The molecule has 0 unspecified atom stereocenters. The molecule has 0 saturated carbocycles. The minimum absolute atomic E-state index is 0.0702. The highest BCUT2D eigenvalue weighted by atomic mass is 16.4. The van der Waals surface area contributed by atoms with Crippen LogP contribution in [0.2, 0.25) is 0 Å². The highest BCUT2D eigenvalue weighted by molar-refractivity contribution is 5.96. The van der Waals surface area contributed by atoms with Crippen molar-refractivity contribution in [1.29, 1.82) is 0 Å². The lowest BCUT2D eigenvalue weighted by Gasteiger charge is -2.08. The third-order valence-electron chi connectivity index (χ3n) is 2.40. The number of phenols is 1. The van der Waals surface area contributed by atoms with Crippen LogP contribution in [0.5, 0.6) is 5.75 Å². The number of hydrogen-bond acceptors (Lipinski definition) is 3. The van der Waals surface area contributed by atoms with E-state index in [1.165, 1.54) is 19.1 Å². The maximum Gasteiger partial charge on any atom is 0.306 e. The Morgan fingerprint density at radius 2 is 2.00 bits per heavy atom. The fraction of sp³-hybridized carbons (Fsp3) is 0.333. The molecule has 0 radical (unpaired) electrons. The van der Waals surface area contributed by atoms with Gasteiger partial charge >= 0.3 is 5.97 Å². The molecule has 0 fully saturated rings. The number of aromatic hydroxyl groups is 1. The van der Waals surface area contributed by atoms with Gasteiger partial charge in [0.1, 0.15) is 5.75 Å². The monoisotopic (exact) mass is 222 g/mol. The third kappa shape index (κ3) is 2.82. The maximum absolute atomic E-state index is 11.2. The van der Waals surface area contributed by atoms with Gasteiger partial charge in [-0.25, -0.2) is 0 Å². The van der Waals surface area contributed by atoms with Crippen molar-refractivity contribution in [3.63, 3.8) is 0 Å². The van der Waals surface area contributed by atoms with Crippen molar-refractivity contribution in [3.05, 3.63) is 29.3 Å². The van der Waals surface area contributed by atoms with Crippen LogP contribution in [0.1, 0.15) is 29.8 Å². The zero-order valence-corrected chi connectivity index (χ0v) is 9.23. The summed E-state index contributed by atoms with van der Waals surface area (Å²) in [5.41, 5.74) is 0.966. The number of ketones is 1. The average molecular weight is 222 g/mol. The molecule has 2 N–H and O–H groups in total. The summed E-state index contributed by atoms with van der Waals surface area (Å²) >= 11 is 0. The highest BCUT2D eigenvalue weighted by Gasteiger charge is 2.13. The standard InChI is InChI=1S/C12H14O4/c1-7(12(15)16)5-9-3-4-11(14)10(6-9)8(2)13/h3-4,6-7,14H,5H2,1-2H3,(H,15,16)/t7-/m0/s1. The first-order chi connectivity index (χ1) is 7.41. The van der Waals surface area contributed by atoms with E-state index in [4.69, 9.17) is 5.11 Å². The molecule has 0 saturated heterocycles. The Labute approximate surface area is 93.5 Å². The van der Waals surface area contributed by atoms with Gasteiger partial charge in [0, 0.05) is 0 Å². The molecule has 0 aliphatic heterocycles. The summed E-state index contributed by atoms with van der Waals surface area (Å²) in [6, 6.07) is 4.58. The van der Waals surface area contributed by atoms with Gasteiger partial charge in [-0.1, -0.05) is 13.0 Å². The molecule has 0 aliphatic carbocycles. The molecule has 1 aromatic rings. The lowest BCUT2D eigenvalue weighted by atomic mass is 9.98. The van der Waals surface area contributed by atoms with E-state index in [9.17, 15) is 14.7 Å². The second-order valence-electron chi connectivity index (χ2n) is 3.85.